The summed E-state index contributed by atoms with van der Waals surface area (Å²) in [6.07, 6.45) is 2.82. The van der Waals surface area contributed by atoms with Gasteiger partial charge in [0.05, 0.1) is 12.0 Å². The zero-order chi connectivity index (χ0) is 22.1. The van der Waals surface area contributed by atoms with Crippen molar-refractivity contribution in [2.24, 2.45) is 0 Å². The van der Waals surface area contributed by atoms with E-state index in [0.717, 1.165) is 43.4 Å². The number of carbonyl (C=O) groups excluding carboxylic acids is 2. The predicted octanol–water partition coefficient (Wildman–Crippen LogP) is 4.95. The van der Waals surface area contributed by atoms with Crippen LogP contribution in [0.2, 0.25) is 0 Å². The van der Waals surface area contributed by atoms with Gasteiger partial charge in [0, 0.05) is 11.7 Å². The molecule has 0 radical (unpaired) electrons. The van der Waals surface area contributed by atoms with E-state index in [1.807, 2.05) is 30.3 Å². The summed E-state index contributed by atoms with van der Waals surface area (Å²) in [6, 6.07) is 13.8. The Kier molecular flexibility index (Phi) is 5.60. The molecule has 0 aromatic heterocycles. The van der Waals surface area contributed by atoms with Gasteiger partial charge in [-0.1, -0.05) is 49.2 Å². The summed E-state index contributed by atoms with van der Waals surface area (Å²) in [5, 5.41) is 3.05. The molecule has 7 heteroatoms. The number of rotatable bonds is 5. The first-order valence-corrected chi connectivity index (χ1v) is 10.4. The van der Waals surface area contributed by atoms with Crippen molar-refractivity contribution in [1.29, 1.82) is 0 Å². The Balaban J connectivity index is 1.68. The SMILES string of the molecule is O=C1CC(/C=C/c2ccccc2)(C(=O)NC2CCCC2)N1c1ccc(C(F)(F)F)cc1. The molecule has 162 valence electrons. The van der Waals surface area contributed by atoms with E-state index >= 15 is 0 Å². The fraction of sp³-hybridized carbons (Fsp3) is 0.333. The van der Waals surface area contributed by atoms with Crippen molar-refractivity contribution in [2.75, 3.05) is 4.90 Å². The third-order valence-corrected chi connectivity index (χ3v) is 5.96. The minimum absolute atomic E-state index is 0.0318. The van der Waals surface area contributed by atoms with Crippen molar-refractivity contribution in [3.05, 3.63) is 71.8 Å². The van der Waals surface area contributed by atoms with Gasteiger partial charge in [0.25, 0.3) is 5.91 Å². The van der Waals surface area contributed by atoms with E-state index in [4.69, 9.17) is 0 Å². The van der Waals surface area contributed by atoms with Gasteiger partial charge in [0.15, 0.2) is 5.54 Å². The quantitative estimate of drug-likeness (QED) is 0.685. The summed E-state index contributed by atoms with van der Waals surface area (Å²) in [5.41, 5.74) is -0.939. The number of benzene rings is 2. The smallest absolute Gasteiger partial charge is 0.351 e. The molecular weight excluding hydrogens is 405 g/mol. The Bertz CT molecular complexity index is 980. The highest BCUT2D eigenvalue weighted by Crippen LogP contribution is 2.40. The summed E-state index contributed by atoms with van der Waals surface area (Å²) < 4.78 is 38.9. The maximum Gasteiger partial charge on any atom is 0.416 e. The van der Waals surface area contributed by atoms with Gasteiger partial charge in [-0.2, -0.15) is 13.2 Å². The van der Waals surface area contributed by atoms with Gasteiger partial charge < -0.3 is 5.32 Å². The van der Waals surface area contributed by atoms with Crippen LogP contribution in [0.25, 0.3) is 6.08 Å². The molecule has 2 fully saturated rings. The number of alkyl halides is 3. The number of hydrogen-bond acceptors (Lipinski definition) is 2. The fourth-order valence-electron chi connectivity index (χ4n) is 4.26. The van der Waals surface area contributed by atoms with E-state index in [2.05, 4.69) is 5.32 Å². The van der Waals surface area contributed by atoms with E-state index < -0.39 is 17.3 Å². The maximum atomic E-state index is 13.3. The fourth-order valence-corrected chi connectivity index (χ4v) is 4.26. The van der Waals surface area contributed by atoms with Crippen LogP contribution in [0.5, 0.6) is 0 Å². The van der Waals surface area contributed by atoms with Crippen molar-refractivity contribution >= 4 is 23.6 Å². The van der Waals surface area contributed by atoms with Crippen LogP contribution in [-0.2, 0) is 15.8 Å². The van der Waals surface area contributed by atoms with Crippen molar-refractivity contribution in [1.82, 2.24) is 5.32 Å². The molecule has 2 aromatic carbocycles. The first-order chi connectivity index (χ1) is 14.8. The molecule has 0 spiro atoms. The molecule has 1 N–H and O–H groups in total. The predicted molar refractivity (Wildman–Crippen MR) is 112 cm³/mol. The Morgan fingerprint density at radius 1 is 1.03 bits per heavy atom. The largest absolute Gasteiger partial charge is 0.416 e. The highest BCUT2D eigenvalue weighted by Gasteiger charge is 2.56. The molecular formula is C24H23F3N2O2. The molecule has 2 aliphatic rings. The third kappa shape index (κ3) is 4.22. The molecule has 1 atom stereocenters. The Hall–Kier alpha value is -3.09. The van der Waals surface area contributed by atoms with Crippen molar-refractivity contribution in [3.8, 4) is 0 Å². The first-order valence-electron chi connectivity index (χ1n) is 10.4. The van der Waals surface area contributed by atoms with Crippen LogP contribution < -0.4 is 10.2 Å². The number of hydrogen-bond donors (Lipinski definition) is 1. The molecule has 2 amide bonds. The van der Waals surface area contributed by atoms with Crippen molar-refractivity contribution < 1.29 is 22.8 Å². The molecule has 4 rings (SSSR count). The van der Waals surface area contributed by atoms with E-state index in [1.54, 1.807) is 12.2 Å². The van der Waals surface area contributed by atoms with Crippen LogP contribution in [0.15, 0.2) is 60.7 Å². The van der Waals surface area contributed by atoms with Crippen LogP contribution in [-0.4, -0.2) is 23.4 Å². The third-order valence-electron chi connectivity index (χ3n) is 5.96. The normalized spacial score (nSPS) is 22.0. The summed E-state index contributed by atoms with van der Waals surface area (Å²) in [7, 11) is 0. The number of nitrogens with zero attached hydrogens (tertiary/aromatic N) is 1. The van der Waals surface area contributed by atoms with Crippen LogP contribution in [0.3, 0.4) is 0 Å². The van der Waals surface area contributed by atoms with Gasteiger partial charge in [-0.15, -0.1) is 0 Å². The van der Waals surface area contributed by atoms with E-state index in [1.165, 1.54) is 17.0 Å². The second-order valence-electron chi connectivity index (χ2n) is 8.07. The summed E-state index contributed by atoms with van der Waals surface area (Å²) in [6.45, 7) is 0. The van der Waals surface area contributed by atoms with Gasteiger partial charge in [0.1, 0.15) is 0 Å². The highest BCUT2D eigenvalue weighted by molar-refractivity contribution is 6.15. The van der Waals surface area contributed by atoms with E-state index in [0.29, 0.717) is 0 Å². The molecule has 2 aromatic rings. The Labute approximate surface area is 178 Å². The molecule has 1 aliphatic carbocycles. The highest BCUT2D eigenvalue weighted by atomic mass is 19.4. The average molecular weight is 428 g/mol. The molecule has 1 saturated heterocycles. The van der Waals surface area contributed by atoms with Crippen LogP contribution >= 0.6 is 0 Å². The number of amides is 2. The van der Waals surface area contributed by atoms with Crippen LogP contribution in [0.1, 0.15) is 43.2 Å². The summed E-state index contributed by atoms with van der Waals surface area (Å²) >= 11 is 0. The summed E-state index contributed by atoms with van der Waals surface area (Å²) in [4.78, 5) is 27.2. The number of carbonyl (C=O) groups is 2. The molecule has 1 heterocycles. The molecule has 1 saturated carbocycles. The van der Waals surface area contributed by atoms with E-state index in [-0.39, 0.29) is 30.0 Å². The zero-order valence-electron chi connectivity index (χ0n) is 16.9. The van der Waals surface area contributed by atoms with Crippen molar-refractivity contribution in [2.45, 2.75) is 49.9 Å². The van der Waals surface area contributed by atoms with Gasteiger partial charge in [-0.3, -0.25) is 14.5 Å². The molecule has 0 bridgehead atoms. The zero-order valence-corrected chi connectivity index (χ0v) is 16.9. The van der Waals surface area contributed by atoms with E-state index in [9.17, 15) is 22.8 Å². The minimum atomic E-state index is -4.47. The summed E-state index contributed by atoms with van der Waals surface area (Å²) in [5.74, 6) is -0.606. The van der Waals surface area contributed by atoms with Gasteiger partial charge in [-0.05, 0) is 48.7 Å². The lowest BCUT2D eigenvalue weighted by Gasteiger charge is -2.49. The number of nitrogens with one attached hydrogen (secondary N) is 1. The van der Waals surface area contributed by atoms with Crippen LogP contribution in [0.4, 0.5) is 18.9 Å². The number of β-lactam (4-membered cyclic amide) rings is 1. The average Bonchev–Trinajstić information content (AvgIpc) is 3.24. The number of halogens is 3. The minimum Gasteiger partial charge on any atom is -0.351 e. The lowest BCUT2D eigenvalue weighted by molar-refractivity contribution is -0.138. The second kappa shape index (κ2) is 8.21. The van der Waals surface area contributed by atoms with Crippen molar-refractivity contribution in [3.63, 3.8) is 0 Å². The maximum absolute atomic E-state index is 13.3. The Morgan fingerprint density at radius 3 is 2.26 bits per heavy atom. The lowest BCUT2D eigenvalue weighted by Crippen LogP contribution is -2.70. The second-order valence-corrected chi connectivity index (χ2v) is 8.07. The molecule has 1 unspecified atom stereocenters. The number of anilines is 1. The Morgan fingerprint density at radius 2 is 1.68 bits per heavy atom. The van der Waals surface area contributed by atoms with Crippen LogP contribution in [0, 0.1) is 0 Å². The van der Waals surface area contributed by atoms with Gasteiger partial charge in [-0.25, -0.2) is 0 Å². The first kappa shape index (κ1) is 21.2. The molecule has 31 heavy (non-hydrogen) atoms. The van der Waals surface area contributed by atoms with Gasteiger partial charge in [0.2, 0.25) is 5.91 Å². The molecule has 1 aliphatic heterocycles. The standard InChI is InChI=1S/C24H23F3N2O2/c25-24(26,27)18-10-12-20(13-11-18)29-21(30)16-23(29,15-14-17-6-2-1-3-7-17)22(31)28-19-8-4-5-9-19/h1-3,6-7,10-15,19H,4-5,8-9,16H2,(H,28,31)/b15-14+. The molecule has 4 nitrogen and oxygen atoms in total. The lowest BCUT2D eigenvalue weighted by atomic mass is 9.80. The monoisotopic (exact) mass is 428 g/mol. The van der Waals surface area contributed by atoms with Gasteiger partial charge >= 0.3 is 6.18 Å². The topological polar surface area (TPSA) is 49.4 Å².